The average molecular weight is 334 g/mol. The second kappa shape index (κ2) is 24.6. The number of carboxylic acid groups (broad SMARTS) is 3. The molecule has 0 saturated carbocycles. The van der Waals surface area contributed by atoms with Crippen LogP contribution in [0.4, 0.5) is 0 Å². The first-order chi connectivity index (χ1) is 10.6. The largest absolute Gasteiger partial charge is 0.478 e. The molecule has 0 bridgehead atoms. The number of aliphatic hydroxyl groups is 2. The molecule has 0 spiro atoms. The maximum atomic E-state index is 9.25. The third-order valence-corrected chi connectivity index (χ3v) is 1.59. The molecule has 0 aliphatic carbocycles. The summed E-state index contributed by atoms with van der Waals surface area (Å²) in [5, 5.41) is 39.5. The van der Waals surface area contributed by atoms with Crippen LogP contribution in [0.25, 0.3) is 0 Å². The van der Waals surface area contributed by atoms with E-state index in [4.69, 9.17) is 25.5 Å². The molecule has 0 unspecified atom stereocenters. The summed E-state index contributed by atoms with van der Waals surface area (Å²) >= 11 is 0. The highest BCUT2D eigenvalue weighted by atomic mass is 16.5. The zero-order valence-electron chi connectivity index (χ0n) is 13.2. The summed E-state index contributed by atoms with van der Waals surface area (Å²) in [5.41, 5.74) is 0. The first-order valence-corrected chi connectivity index (χ1v) is 6.51. The molecule has 8 heteroatoms. The molecule has 5 N–H and O–H groups in total. The van der Waals surface area contributed by atoms with E-state index >= 15 is 0 Å². The molecule has 0 saturated heterocycles. The lowest BCUT2D eigenvalue weighted by molar-refractivity contribution is -0.132. The second-order valence-corrected chi connectivity index (χ2v) is 3.60. The molecule has 134 valence electrons. The van der Waals surface area contributed by atoms with Gasteiger partial charge in [0.1, 0.15) is 0 Å². The van der Waals surface area contributed by atoms with Crippen molar-refractivity contribution in [2.45, 2.75) is 38.9 Å². The van der Waals surface area contributed by atoms with Crippen molar-refractivity contribution < 1.29 is 39.9 Å². The van der Waals surface area contributed by atoms with E-state index in [1.54, 1.807) is 0 Å². The minimum atomic E-state index is -1.10. The average Bonchev–Trinajstić information content (AvgIpc) is 2.48. The molecule has 0 heterocycles. The van der Waals surface area contributed by atoms with E-state index in [0.717, 1.165) is 37.5 Å². The summed E-state index contributed by atoms with van der Waals surface area (Å²) in [6, 6.07) is 0. The molecule has 8 nitrogen and oxygen atoms in total. The molecule has 23 heavy (non-hydrogen) atoms. The van der Waals surface area contributed by atoms with Gasteiger partial charge < -0.3 is 25.5 Å². The SMILES string of the molecule is C=CC(=O)O.C=CC(=O)O.C=CC(=O)O.CCCCCC(O)O. The number of hydrogen-bond acceptors (Lipinski definition) is 5. The Morgan fingerprint density at radius 1 is 0.826 bits per heavy atom. The summed E-state index contributed by atoms with van der Waals surface area (Å²) in [6.45, 7) is 11.0. The number of carboxylic acids is 3. The predicted molar refractivity (Wildman–Crippen MR) is 85.9 cm³/mol. The van der Waals surface area contributed by atoms with Crippen molar-refractivity contribution in [2.75, 3.05) is 0 Å². The van der Waals surface area contributed by atoms with Gasteiger partial charge >= 0.3 is 17.9 Å². The van der Waals surface area contributed by atoms with Crippen molar-refractivity contribution in [1.82, 2.24) is 0 Å². The number of aliphatic carboxylic acids is 3. The molecule has 0 aromatic carbocycles. The number of rotatable bonds is 7. The summed E-state index contributed by atoms with van der Waals surface area (Å²) < 4.78 is 0. The summed E-state index contributed by atoms with van der Waals surface area (Å²) in [4.78, 5) is 27.8. The van der Waals surface area contributed by atoms with Gasteiger partial charge in [-0.05, 0) is 12.8 Å². The van der Waals surface area contributed by atoms with Crippen LogP contribution >= 0.6 is 0 Å². The lowest BCUT2D eigenvalue weighted by Crippen LogP contribution is -2.02. The Labute approximate surface area is 135 Å². The van der Waals surface area contributed by atoms with Crippen molar-refractivity contribution in [1.29, 1.82) is 0 Å². The van der Waals surface area contributed by atoms with Gasteiger partial charge in [-0.25, -0.2) is 14.4 Å². The Bertz CT molecular complexity index is 305. The summed E-state index contributed by atoms with van der Waals surface area (Å²) in [6.07, 6.45) is 5.08. The van der Waals surface area contributed by atoms with Crippen molar-refractivity contribution in [2.24, 2.45) is 0 Å². The summed E-state index contributed by atoms with van der Waals surface area (Å²) in [5.74, 6) is -2.94. The van der Waals surface area contributed by atoms with Crippen LogP contribution in [-0.2, 0) is 14.4 Å². The maximum absolute atomic E-state index is 9.25. The lowest BCUT2D eigenvalue weighted by atomic mass is 10.2. The molecule has 0 aromatic heterocycles. The van der Waals surface area contributed by atoms with Gasteiger partial charge in [0, 0.05) is 18.2 Å². The molecule has 0 amide bonds. The zero-order valence-corrected chi connectivity index (χ0v) is 13.2. The Kier molecular flexibility index (Phi) is 30.6. The molecule has 0 radical (unpaired) electrons. The fraction of sp³-hybridized carbons (Fsp3) is 0.400. The highest BCUT2D eigenvalue weighted by Gasteiger charge is 1.93. The highest BCUT2D eigenvalue weighted by Crippen LogP contribution is 1.99. The van der Waals surface area contributed by atoms with Gasteiger partial charge in [-0.1, -0.05) is 39.5 Å². The topological polar surface area (TPSA) is 152 Å². The minimum Gasteiger partial charge on any atom is -0.478 e. The molecule has 0 aliphatic heterocycles. The normalized spacial score (nSPS) is 7.83. The van der Waals surface area contributed by atoms with Crippen LogP contribution in [0.3, 0.4) is 0 Å². The first kappa shape index (κ1) is 28.7. The summed E-state index contributed by atoms with van der Waals surface area (Å²) in [7, 11) is 0. The van der Waals surface area contributed by atoms with Gasteiger partial charge in [0.2, 0.25) is 0 Å². The maximum Gasteiger partial charge on any atom is 0.327 e. The fourth-order valence-electron chi connectivity index (χ4n) is 0.577. The van der Waals surface area contributed by atoms with Gasteiger partial charge in [-0.15, -0.1) is 0 Å². The predicted octanol–water partition coefficient (Wildman–Crippen LogP) is 1.65. The molecule has 0 fully saturated rings. The Balaban J connectivity index is -0.000000108. The molecule has 0 aromatic rings. The standard InChI is InChI=1S/C6H14O2.3C3H4O2/c1-2-3-4-5-6(7)8;3*1-2-3(4)5/h6-8H,2-5H2,1H3;3*2H,1H2,(H,4,5). The number of carbonyl (C=O) groups is 3. The van der Waals surface area contributed by atoms with Crippen molar-refractivity contribution in [3.63, 3.8) is 0 Å². The second-order valence-electron chi connectivity index (χ2n) is 3.60. The highest BCUT2D eigenvalue weighted by molar-refractivity contribution is 5.79. The Morgan fingerprint density at radius 2 is 1.09 bits per heavy atom. The van der Waals surface area contributed by atoms with Crippen LogP contribution in [0.2, 0.25) is 0 Å². The van der Waals surface area contributed by atoms with Gasteiger partial charge in [0.05, 0.1) is 0 Å². The van der Waals surface area contributed by atoms with Crippen molar-refractivity contribution in [3.05, 3.63) is 38.0 Å². The molecular weight excluding hydrogens is 308 g/mol. The van der Waals surface area contributed by atoms with E-state index in [9.17, 15) is 14.4 Å². The minimum absolute atomic E-state index is 0.522. The zero-order chi connectivity index (χ0) is 19.3. The van der Waals surface area contributed by atoms with Gasteiger partial charge in [-0.3, -0.25) is 0 Å². The van der Waals surface area contributed by atoms with E-state index in [-0.39, 0.29) is 0 Å². The Hall–Kier alpha value is -2.45. The Morgan fingerprint density at radius 3 is 1.22 bits per heavy atom. The fourth-order valence-corrected chi connectivity index (χ4v) is 0.577. The van der Waals surface area contributed by atoms with Gasteiger partial charge in [0.25, 0.3) is 0 Å². The molecule has 0 aliphatic rings. The van der Waals surface area contributed by atoms with Crippen molar-refractivity contribution >= 4 is 17.9 Å². The van der Waals surface area contributed by atoms with Crippen LogP contribution in [0, 0.1) is 0 Å². The molecular formula is C15H26O8. The van der Waals surface area contributed by atoms with Crippen LogP contribution < -0.4 is 0 Å². The molecule has 0 rings (SSSR count). The van der Waals surface area contributed by atoms with Crippen LogP contribution in [-0.4, -0.2) is 49.7 Å². The quantitative estimate of drug-likeness (QED) is 0.268. The third-order valence-electron chi connectivity index (χ3n) is 1.59. The van der Waals surface area contributed by atoms with E-state index < -0.39 is 24.2 Å². The van der Waals surface area contributed by atoms with Crippen LogP contribution in [0.15, 0.2) is 38.0 Å². The van der Waals surface area contributed by atoms with Gasteiger partial charge in [0.15, 0.2) is 6.29 Å². The van der Waals surface area contributed by atoms with E-state index in [0.29, 0.717) is 6.42 Å². The lowest BCUT2D eigenvalue weighted by Gasteiger charge is -1.99. The van der Waals surface area contributed by atoms with E-state index in [2.05, 4.69) is 26.7 Å². The smallest absolute Gasteiger partial charge is 0.327 e. The van der Waals surface area contributed by atoms with Crippen LogP contribution in [0.5, 0.6) is 0 Å². The number of unbranched alkanes of at least 4 members (excludes halogenated alkanes) is 2. The van der Waals surface area contributed by atoms with E-state index in [1.807, 2.05) is 0 Å². The van der Waals surface area contributed by atoms with Gasteiger partial charge in [-0.2, -0.15) is 0 Å². The van der Waals surface area contributed by atoms with Crippen molar-refractivity contribution in [3.8, 4) is 0 Å². The van der Waals surface area contributed by atoms with Crippen LogP contribution in [0.1, 0.15) is 32.6 Å². The third kappa shape index (κ3) is 82.4. The van der Waals surface area contributed by atoms with E-state index in [1.165, 1.54) is 0 Å². The number of aliphatic hydroxyl groups excluding tert-OH is 1. The number of hydrogen-bond donors (Lipinski definition) is 5. The monoisotopic (exact) mass is 334 g/mol. The molecule has 0 atom stereocenters. The first-order valence-electron chi connectivity index (χ1n) is 6.51.